The van der Waals surface area contributed by atoms with E-state index >= 15 is 0 Å². The maximum Gasteiger partial charge on any atom is 0.276 e. The summed E-state index contributed by atoms with van der Waals surface area (Å²) in [6, 6.07) is 13.2. The normalized spacial score (nSPS) is 11.6. The molecule has 1 amide bonds. The highest BCUT2D eigenvalue weighted by Gasteiger charge is 2.20. The SMILES string of the molecule is CCc1ccc(Nc2n[nH]nc2C(=O)N[C@H](C)c2ccc(OC)c(OC)c2)cc1. The van der Waals surface area contributed by atoms with E-state index in [1.54, 1.807) is 20.3 Å². The first kappa shape index (κ1) is 20.2. The van der Waals surface area contributed by atoms with Gasteiger partial charge in [0.1, 0.15) is 0 Å². The van der Waals surface area contributed by atoms with Crippen molar-refractivity contribution in [1.29, 1.82) is 0 Å². The second kappa shape index (κ2) is 9.09. The first-order chi connectivity index (χ1) is 14.0. The van der Waals surface area contributed by atoms with E-state index in [1.807, 2.05) is 43.3 Å². The Labute approximate surface area is 169 Å². The number of ether oxygens (including phenoxy) is 2. The Morgan fingerprint density at radius 3 is 2.45 bits per heavy atom. The molecule has 8 heteroatoms. The highest BCUT2D eigenvalue weighted by Crippen LogP contribution is 2.30. The molecule has 0 aliphatic carbocycles. The standard InChI is InChI=1S/C21H25N5O3/c1-5-14-6-9-16(10-7-14)23-20-19(24-26-25-20)21(27)22-13(2)15-8-11-17(28-3)18(12-15)29-4/h6-13H,5H2,1-4H3,(H,22,27)(H2,23,24,25,26)/t13-/m1/s1. The third-order valence-electron chi connectivity index (χ3n) is 4.64. The maximum atomic E-state index is 12.7. The number of nitrogens with zero attached hydrogens (tertiary/aromatic N) is 2. The van der Waals surface area contributed by atoms with Crippen molar-refractivity contribution in [3.63, 3.8) is 0 Å². The molecule has 0 fully saturated rings. The van der Waals surface area contributed by atoms with E-state index in [1.165, 1.54) is 5.56 Å². The van der Waals surface area contributed by atoms with Crippen LogP contribution >= 0.6 is 0 Å². The molecule has 0 saturated heterocycles. The monoisotopic (exact) mass is 395 g/mol. The van der Waals surface area contributed by atoms with E-state index in [0.29, 0.717) is 17.3 Å². The zero-order chi connectivity index (χ0) is 20.8. The summed E-state index contributed by atoms with van der Waals surface area (Å²) in [5.74, 6) is 1.26. The summed E-state index contributed by atoms with van der Waals surface area (Å²) in [6.45, 7) is 3.98. The van der Waals surface area contributed by atoms with Crippen LogP contribution in [0.15, 0.2) is 42.5 Å². The van der Waals surface area contributed by atoms with Gasteiger partial charge in [0.15, 0.2) is 23.0 Å². The predicted molar refractivity (Wildman–Crippen MR) is 111 cm³/mol. The van der Waals surface area contributed by atoms with Crippen molar-refractivity contribution in [3.05, 3.63) is 59.3 Å². The van der Waals surface area contributed by atoms with Crippen molar-refractivity contribution in [2.45, 2.75) is 26.3 Å². The number of aromatic nitrogens is 3. The summed E-state index contributed by atoms with van der Waals surface area (Å²) < 4.78 is 10.6. The second-order valence-electron chi connectivity index (χ2n) is 6.51. The Bertz CT molecular complexity index is 969. The number of amides is 1. The van der Waals surface area contributed by atoms with E-state index < -0.39 is 0 Å². The number of hydrogen-bond donors (Lipinski definition) is 3. The van der Waals surface area contributed by atoms with Gasteiger partial charge in [0, 0.05) is 5.69 Å². The van der Waals surface area contributed by atoms with Crippen molar-refractivity contribution < 1.29 is 14.3 Å². The lowest BCUT2D eigenvalue weighted by atomic mass is 10.1. The van der Waals surface area contributed by atoms with Crippen molar-refractivity contribution in [2.75, 3.05) is 19.5 Å². The molecule has 1 aromatic heterocycles. The molecule has 0 spiro atoms. The quantitative estimate of drug-likeness (QED) is 0.539. The number of rotatable bonds is 8. The van der Waals surface area contributed by atoms with Crippen molar-refractivity contribution in [1.82, 2.24) is 20.7 Å². The van der Waals surface area contributed by atoms with Crippen LogP contribution in [-0.4, -0.2) is 35.5 Å². The highest BCUT2D eigenvalue weighted by atomic mass is 16.5. The Hall–Kier alpha value is -3.55. The van der Waals surface area contributed by atoms with Crippen LogP contribution in [0.5, 0.6) is 11.5 Å². The molecule has 1 atom stereocenters. The Balaban J connectivity index is 1.72. The van der Waals surface area contributed by atoms with E-state index in [0.717, 1.165) is 17.7 Å². The zero-order valence-corrected chi connectivity index (χ0v) is 16.9. The zero-order valence-electron chi connectivity index (χ0n) is 16.9. The van der Waals surface area contributed by atoms with Crippen LogP contribution < -0.4 is 20.1 Å². The van der Waals surface area contributed by atoms with E-state index in [9.17, 15) is 4.79 Å². The predicted octanol–water partition coefficient (Wildman–Crippen LogP) is 3.62. The molecule has 8 nitrogen and oxygen atoms in total. The molecule has 0 saturated carbocycles. The van der Waals surface area contributed by atoms with Gasteiger partial charge in [-0.25, -0.2) is 0 Å². The van der Waals surface area contributed by atoms with E-state index in [4.69, 9.17) is 9.47 Å². The Kier molecular flexibility index (Phi) is 6.33. The van der Waals surface area contributed by atoms with Gasteiger partial charge in [0.05, 0.1) is 20.3 Å². The average Bonchev–Trinajstić information content (AvgIpc) is 3.21. The molecule has 0 radical (unpaired) electrons. The summed E-state index contributed by atoms with van der Waals surface area (Å²) >= 11 is 0. The summed E-state index contributed by atoms with van der Waals surface area (Å²) in [6.07, 6.45) is 0.964. The Morgan fingerprint density at radius 2 is 1.79 bits per heavy atom. The topological polar surface area (TPSA) is 101 Å². The molecule has 3 rings (SSSR count). The minimum Gasteiger partial charge on any atom is -0.493 e. The molecule has 0 bridgehead atoms. The number of benzene rings is 2. The molecule has 0 aliphatic rings. The van der Waals surface area contributed by atoms with Gasteiger partial charge >= 0.3 is 0 Å². The number of aryl methyl sites for hydroxylation is 1. The van der Waals surface area contributed by atoms with Gasteiger partial charge in [-0.15, -0.1) is 10.2 Å². The first-order valence-corrected chi connectivity index (χ1v) is 9.35. The molecule has 3 aromatic rings. The molecule has 2 aromatic carbocycles. The minimum atomic E-state index is -0.339. The van der Waals surface area contributed by atoms with Crippen LogP contribution in [-0.2, 0) is 6.42 Å². The van der Waals surface area contributed by atoms with Gasteiger partial charge in [0.2, 0.25) is 0 Å². The third kappa shape index (κ3) is 4.66. The van der Waals surface area contributed by atoms with Crippen molar-refractivity contribution in [3.8, 4) is 11.5 Å². The molecule has 1 heterocycles. The molecule has 3 N–H and O–H groups in total. The number of carbonyl (C=O) groups excluding carboxylic acids is 1. The second-order valence-corrected chi connectivity index (χ2v) is 6.51. The van der Waals surface area contributed by atoms with Crippen LogP contribution in [0.1, 0.15) is 41.5 Å². The number of methoxy groups -OCH3 is 2. The number of carbonyl (C=O) groups is 1. The van der Waals surface area contributed by atoms with Crippen LogP contribution in [0.25, 0.3) is 0 Å². The number of hydrogen-bond acceptors (Lipinski definition) is 6. The number of anilines is 2. The largest absolute Gasteiger partial charge is 0.493 e. The molecular weight excluding hydrogens is 370 g/mol. The smallest absolute Gasteiger partial charge is 0.276 e. The fraction of sp³-hybridized carbons (Fsp3) is 0.286. The molecular formula is C21H25N5O3. The van der Waals surface area contributed by atoms with Crippen LogP contribution in [0.3, 0.4) is 0 Å². The van der Waals surface area contributed by atoms with Crippen LogP contribution in [0.4, 0.5) is 11.5 Å². The summed E-state index contributed by atoms with van der Waals surface area (Å²) in [5.41, 5.74) is 3.14. The third-order valence-corrected chi connectivity index (χ3v) is 4.64. The van der Waals surface area contributed by atoms with Gasteiger partial charge in [0.25, 0.3) is 5.91 Å². The van der Waals surface area contributed by atoms with E-state index in [2.05, 4.69) is 33.0 Å². The lowest BCUT2D eigenvalue weighted by Crippen LogP contribution is -2.27. The van der Waals surface area contributed by atoms with E-state index in [-0.39, 0.29) is 17.6 Å². The van der Waals surface area contributed by atoms with Crippen LogP contribution in [0, 0.1) is 0 Å². The average molecular weight is 395 g/mol. The minimum absolute atomic E-state index is 0.192. The first-order valence-electron chi connectivity index (χ1n) is 9.35. The van der Waals surface area contributed by atoms with Crippen LogP contribution in [0.2, 0.25) is 0 Å². The van der Waals surface area contributed by atoms with Gasteiger partial charge in [-0.3, -0.25) is 4.79 Å². The number of nitrogens with one attached hydrogen (secondary N) is 3. The maximum absolute atomic E-state index is 12.7. The number of H-pyrrole nitrogens is 1. The molecule has 0 unspecified atom stereocenters. The van der Waals surface area contributed by atoms with Gasteiger partial charge in [-0.05, 0) is 48.7 Å². The van der Waals surface area contributed by atoms with Gasteiger partial charge in [-0.1, -0.05) is 25.1 Å². The van der Waals surface area contributed by atoms with Gasteiger partial charge < -0.3 is 20.1 Å². The summed E-state index contributed by atoms with van der Waals surface area (Å²) in [7, 11) is 3.16. The summed E-state index contributed by atoms with van der Waals surface area (Å²) in [4.78, 5) is 12.7. The summed E-state index contributed by atoms with van der Waals surface area (Å²) in [5, 5.41) is 16.6. The lowest BCUT2D eigenvalue weighted by molar-refractivity contribution is 0.0935. The Morgan fingerprint density at radius 1 is 1.07 bits per heavy atom. The molecule has 0 aliphatic heterocycles. The highest BCUT2D eigenvalue weighted by molar-refractivity contribution is 5.97. The van der Waals surface area contributed by atoms with Gasteiger partial charge in [-0.2, -0.15) is 5.21 Å². The van der Waals surface area contributed by atoms with Crippen molar-refractivity contribution >= 4 is 17.4 Å². The fourth-order valence-corrected chi connectivity index (χ4v) is 2.91. The fourth-order valence-electron chi connectivity index (χ4n) is 2.91. The lowest BCUT2D eigenvalue weighted by Gasteiger charge is -2.16. The number of aromatic amines is 1. The molecule has 29 heavy (non-hydrogen) atoms. The van der Waals surface area contributed by atoms with Crippen molar-refractivity contribution in [2.24, 2.45) is 0 Å². The molecule has 152 valence electrons.